The predicted molar refractivity (Wildman–Crippen MR) is 131 cm³/mol. The SMILES string of the molecule is C[C@@H]1CN(c2cc(=O)n(C)c3c(F)nn(CC#N)c23)[C@@H](C)CN1[C@H](C)c1ccc2nccnc2c1. The second-order valence-electron chi connectivity index (χ2n) is 9.26. The minimum Gasteiger partial charge on any atom is -0.364 e. The van der Waals surface area contributed by atoms with Crippen LogP contribution >= 0.6 is 0 Å². The Balaban J connectivity index is 1.49. The topological polar surface area (TPSA) is 95.9 Å². The van der Waals surface area contributed by atoms with Crippen molar-refractivity contribution in [2.75, 3.05) is 18.0 Å². The number of piperazine rings is 1. The van der Waals surface area contributed by atoms with Crippen molar-refractivity contribution in [1.82, 2.24) is 29.2 Å². The minimum atomic E-state index is -0.746. The van der Waals surface area contributed by atoms with Crippen molar-refractivity contribution in [3.63, 3.8) is 0 Å². The highest BCUT2D eigenvalue weighted by Crippen LogP contribution is 2.34. The predicted octanol–water partition coefficient (Wildman–Crippen LogP) is 3.00. The number of pyridine rings is 1. The fourth-order valence-electron chi connectivity index (χ4n) is 5.23. The molecule has 180 valence electrons. The number of fused-ring (bicyclic) bond motifs is 2. The van der Waals surface area contributed by atoms with Gasteiger partial charge in [-0.25, -0.2) is 4.68 Å². The van der Waals surface area contributed by atoms with Gasteiger partial charge in [-0.1, -0.05) is 6.07 Å². The van der Waals surface area contributed by atoms with Crippen molar-refractivity contribution >= 4 is 27.8 Å². The lowest BCUT2D eigenvalue weighted by molar-refractivity contribution is 0.119. The molecule has 0 N–H and O–H groups in total. The standard InChI is InChI=1S/C25H27FN8O/c1-15-14-33(21-12-22(35)31(4)24-23(21)34(10-7-27)30-25(24)26)16(2)13-32(15)17(3)18-5-6-19-20(11-18)29-9-8-28-19/h5-6,8-9,11-12,15-17H,10,13-14H2,1-4H3/t15-,16+,17-/m1/s1. The van der Waals surface area contributed by atoms with Crippen molar-refractivity contribution in [3.05, 3.63) is 58.5 Å². The molecule has 1 fully saturated rings. The van der Waals surface area contributed by atoms with Crippen LogP contribution in [0.2, 0.25) is 0 Å². The Labute approximate surface area is 202 Å². The van der Waals surface area contributed by atoms with Crippen LogP contribution in [0.1, 0.15) is 32.4 Å². The summed E-state index contributed by atoms with van der Waals surface area (Å²) in [6.07, 6.45) is 3.39. The first kappa shape index (κ1) is 22.9. The lowest BCUT2D eigenvalue weighted by atomic mass is 9.99. The van der Waals surface area contributed by atoms with Gasteiger partial charge in [0, 0.05) is 56.7 Å². The molecular weight excluding hydrogens is 447 g/mol. The van der Waals surface area contributed by atoms with Crippen LogP contribution in [0.15, 0.2) is 41.5 Å². The van der Waals surface area contributed by atoms with Gasteiger partial charge in [-0.05, 0) is 38.5 Å². The summed E-state index contributed by atoms with van der Waals surface area (Å²) < 4.78 is 17.3. The summed E-state index contributed by atoms with van der Waals surface area (Å²) in [4.78, 5) is 26.1. The van der Waals surface area contributed by atoms with E-state index in [1.54, 1.807) is 12.4 Å². The maximum absolute atomic E-state index is 14.7. The number of nitriles is 1. The Morgan fingerprint density at radius 2 is 1.86 bits per heavy atom. The Kier molecular flexibility index (Phi) is 5.73. The minimum absolute atomic E-state index is 0.0395. The molecule has 1 saturated heterocycles. The molecule has 4 aromatic rings. The zero-order valence-corrected chi connectivity index (χ0v) is 20.2. The molecule has 0 spiro atoms. The van der Waals surface area contributed by atoms with Gasteiger partial charge in [-0.3, -0.25) is 19.7 Å². The van der Waals surface area contributed by atoms with E-state index in [9.17, 15) is 14.4 Å². The van der Waals surface area contributed by atoms with Crippen LogP contribution < -0.4 is 10.5 Å². The Morgan fingerprint density at radius 1 is 1.11 bits per heavy atom. The van der Waals surface area contributed by atoms with E-state index >= 15 is 0 Å². The molecule has 1 aliphatic heterocycles. The molecule has 3 aromatic heterocycles. The van der Waals surface area contributed by atoms with Gasteiger partial charge < -0.3 is 9.47 Å². The highest BCUT2D eigenvalue weighted by molar-refractivity contribution is 5.89. The zero-order chi connectivity index (χ0) is 24.9. The number of anilines is 1. The summed E-state index contributed by atoms with van der Waals surface area (Å²) in [5, 5.41) is 13.2. The molecule has 0 amide bonds. The Hall–Kier alpha value is -3.84. The molecule has 1 aliphatic rings. The van der Waals surface area contributed by atoms with E-state index in [1.165, 1.54) is 22.4 Å². The monoisotopic (exact) mass is 474 g/mol. The third-order valence-electron chi connectivity index (χ3n) is 7.09. The second kappa shape index (κ2) is 8.74. The molecule has 10 heteroatoms. The molecule has 3 atom stereocenters. The highest BCUT2D eigenvalue weighted by atomic mass is 19.1. The normalized spacial score (nSPS) is 19.8. The first-order chi connectivity index (χ1) is 16.8. The van der Waals surface area contributed by atoms with Gasteiger partial charge in [0.25, 0.3) is 11.5 Å². The van der Waals surface area contributed by atoms with E-state index in [1.807, 2.05) is 12.1 Å². The van der Waals surface area contributed by atoms with Gasteiger partial charge in [-0.15, -0.1) is 5.10 Å². The summed E-state index contributed by atoms with van der Waals surface area (Å²) in [6, 6.07) is 10.1. The molecule has 0 aliphatic carbocycles. The Bertz CT molecular complexity index is 1520. The maximum atomic E-state index is 14.7. The van der Waals surface area contributed by atoms with Crippen LogP contribution in [0.3, 0.4) is 0 Å². The fourth-order valence-corrected chi connectivity index (χ4v) is 5.23. The molecule has 0 bridgehead atoms. The number of aryl methyl sites for hydroxylation is 1. The summed E-state index contributed by atoms with van der Waals surface area (Å²) in [5.41, 5.74) is 3.79. The van der Waals surface area contributed by atoms with Crippen LogP contribution in [0.5, 0.6) is 0 Å². The van der Waals surface area contributed by atoms with Crippen molar-refractivity contribution in [2.45, 2.75) is 45.4 Å². The summed E-state index contributed by atoms with van der Waals surface area (Å²) in [7, 11) is 1.52. The number of halogens is 1. The first-order valence-electron chi connectivity index (χ1n) is 11.7. The van der Waals surface area contributed by atoms with Gasteiger partial charge in [-0.2, -0.15) is 9.65 Å². The quantitative estimate of drug-likeness (QED) is 0.449. The number of hydrogen-bond donors (Lipinski definition) is 0. The van der Waals surface area contributed by atoms with Crippen LogP contribution in [-0.4, -0.2) is 54.4 Å². The highest BCUT2D eigenvalue weighted by Gasteiger charge is 2.34. The Morgan fingerprint density at radius 3 is 2.60 bits per heavy atom. The summed E-state index contributed by atoms with van der Waals surface area (Å²) >= 11 is 0. The van der Waals surface area contributed by atoms with Crippen LogP contribution in [0.4, 0.5) is 10.1 Å². The van der Waals surface area contributed by atoms with Crippen LogP contribution in [-0.2, 0) is 13.6 Å². The van der Waals surface area contributed by atoms with Crippen molar-refractivity contribution in [2.24, 2.45) is 7.05 Å². The number of aromatic nitrogens is 5. The number of hydrogen-bond acceptors (Lipinski definition) is 7. The molecule has 0 unspecified atom stereocenters. The van der Waals surface area contributed by atoms with E-state index in [0.29, 0.717) is 17.7 Å². The number of nitrogens with zero attached hydrogens (tertiary/aromatic N) is 8. The number of benzene rings is 1. The van der Waals surface area contributed by atoms with Gasteiger partial charge in [0.15, 0.2) is 0 Å². The van der Waals surface area contributed by atoms with Crippen LogP contribution in [0, 0.1) is 17.3 Å². The lowest BCUT2D eigenvalue weighted by Gasteiger charge is -2.47. The van der Waals surface area contributed by atoms with E-state index in [-0.39, 0.29) is 35.7 Å². The summed E-state index contributed by atoms with van der Waals surface area (Å²) in [6.45, 7) is 7.72. The van der Waals surface area contributed by atoms with Crippen molar-refractivity contribution in [1.29, 1.82) is 5.26 Å². The van der Waals surface area contributed by atoms with E-state index in [4.69, 9.17) is 0 Å². The van der Waals surface area contributed by atoms with Gasteiger partial charge in [0.2, 0.25) is 0 Å². The van der Waals surface area contributed by atoms with Crippen LogP contribution in [0.25, 0.3) is 22.1 Å². The first-order valence-corrected chi connectivity index (χ1v) is 11.7. The molecule has 0 radical (unpaired) electrons. The largest absolute Gasteiger partial charge is 0.364 e. The average molecular weight is 475 g/mol. The molecular formula is C25H27FN8O. The fraction of sp³-hybridized carbons (Fsp3) is 0.400. The summed E-state index contributed by atoms with van der Waals surface area (Å²) in [5.74, 6) is -0.746. The molecule has 35 heavy (non-hydrogen) atoms. The van der Waals surface area contributed by atoms with Gasteiger partial charge in [0.1, 0.15) is 17.6 Å². The van der Waals surface area contributed by atoms with E-state index < -0.39 is 5.95 Å². The zero-order valence-electron chi connectivity index (χ0n) is 20.2. The molecule has 4 heterocycles. The third kappa shape index (κ3) is 3.82. The average Bonchev–Trinajstić information content (AvgIpc) is 3.18. The van der Waals surface area contributed by atoms with Gasteiger partial charge >= 0.3 is 0 Å². The van der Waals surface area contributed by atoms with E-state index in [0.717, 1.165) is 23.1 Å². The van der Waals surface area contributed by atoms with Crippen molar-refractivity contribution < 1.29 is 4.39 Å². The molecule has 5 rings (SSSR count). The molecule has 1 aromatic carbocycles. The number of rotatable bonds is 4. The van der Waals surface area contributed by atoms with E-state index in [2.05, 4.69) is 57.8 Å². The molecule has 9 nitrogen and oxygen atoms in total. The lowest BCUT2D eigenvalue weighted by Crippen LogP contribution is -2.57. The van der Waals surface area contributed by atoms with Crippen molar-refractivity contribution in [3.8, 4) is 6.07 Å². The molecule has 0 saturated carbocycles. The van der Waals surface area contributed by atoms with Gasteiger partial charge in [0.05, 0.1) is 22.8 Å². The second-order valence-corrected chi connectivity index (χ2v) is 9.26. The maximum Gasteiger partial charge on any atom is 0.257 e. The third-order valence-corrected chi connectivity index (χ3v) is 7.09. The smallest absolute Gasteiger partial charge is 0.257 e.